The average molecular weight is 418 g/mol. The number of anilines is 1. The Morgan fingerprint density at radius 2 is 1.86 bits per heavy atom. The zero-order valence-corrected chi connectivity index (χ0v) is 15.7. The molecule has 0 saturated carbocycles. The number of halogens is 3. The number of hydrogen-bond donors (Lipinski definition) is 2. The van der Waals surface area contributed by atoms with Gasteiger partial charge in [-0.3, -0.25) is 4.72 Å². The third-order valence-electron chi connectivity index (χ3n) is 2.74. The summed E-state index contributed by atoms with van der Waals surface area (Å²) in [6, 6.07) is 3.24. The molecule has 0 aliphatic carbocycles. The van der Waals surface area contributed by atoms with E-state index >= 15 is 0 Å². The van der Waals surface area contributed by atoms with Crippen LogP contribution in [0.1, 0.15) is 26.2 Å². The van der Waals surface area contributed by atoms with E-state index in [1.54, 1.807) is 12.1 Å². The van der Waals surface area contributed by atoms with Crippen molar-refractivity contribution in [2.24, 2.45) is 0 Å². The minimum atomic E-state index is -3.42. The Morgan fingerprint density at radius 1 is 1.14 bits per heavy atom. The molecule has 0 spiro atoms. The van der Waals surface area contributed by atoms with Gasteiger partial charge in [-0.25, -0.2) is 8.42 Å². The summed E-state index contributed by atoms with van der Waals surface area (Å²) in [5, 5.41) is 3.72. The number of unbranched alkanes of at least 4 members (excludes halogenated alkanes) is 1. The third kappa shape index (κ3) is 6.74. The van der Waals surface area contributed by atoms with Gasteiger partial charge in [0.05, 0.1) is 21.5 Å². The molecule has 0 aliphatic heterocycles. The number of nitrogens with one attached hydrogen (secondary N) is 2. The lowest BCUT2D eigenvalue weighted by Gasteiger charge is -2.11. The lowest BCUT2D eigenvalue weighted by atomic mass is 10.3. The van der Waals surface area contributed by atoms with Crippen molar-refractivity contribution in [1.82, 2.24) is 5.32 Å². The zero-order chi connectivity index (χ0) is 15.9. The number of rotatable bonds is 9. The summed E-state index contributed by atoms with van der Waals surface area (Å²) in [6.45, 7) is 3.88. The fourth-order valence-electron chi connectivity index (χ4n) is 1.67. The summed E-state index contributed by atoms with van der Waals surface area (Å²) < 4.78 is 27.1. The normalized spacial score (nSPS) is 11.6. The molecule has 0 unspecified atom stereocenters. The molecule has 0 saturated heterocycles. The number of hydrogen-bond acceptors (Lipinski definition) is 3. The molecule has 21 heavy (non-hydrogen) atoms. The van der Waals surface area contributed by atoms with Crippen molar-refractivity contribution in [1.29, 1.82) is 0 Å². The van der Waals surface area contributed by atoms with Crippen molar-refractivity contribution < 1.29 is 8.42 Å². The molecule has 4 nitrogen and oxygen atoms in total. The van der Waals surface area contributed by atoms with Gasteiger partial charge < -0.3 is 5.32 Å². The van der Waals surface area contributed by atoms with Crippen molar-refractivity contribution in [3.63, 3.8) is 0 Å². The van der Waals surface area contributed by atoms with Gasteiger partial charge in [0.15, 0.2) is 0 Å². The highest BCUT2D eigenvalue weighted by Gasteiger charge is 2.15. The first-order valence-electron chi connectivity index (χ1n) is 6.72. The second-order valence-electron chi connectivity index (χ2n) is 4.60. The quantitative estimate of drug-likeness (QED) is 0.465. The van der Waals surface area contributed by atoms with E-state index < -0.39 is 10.0 Å². The van der Waals surface area contributed by atoms with Crippen LogP contribution in [0.3, 0.4) is 0 Å². The molecular formula is C13H19BrCl2N2O2S. The topological polar surface area (TPSA) is 58.2 Å². The Hall–Kier alpha value is -0.0100. The summed E-state index contributed by atoms with van der Waals surface area (Å²) in [5.74, 6) is 0.0603. The van der Waals surface area contributed by atoms with Gasteiger partial charge in [0.25, 0.3) is 0 Å². The van der Waals surface area contributed by atoms with E-state index in [0.717, 1.165) is 25.9 Å². The molecule has 0 amide bonds. The molecule has 1 aromatic carbocycles. The van der Waals surface area contributed by atoms with Crippen molar-refractivity contribution in [2.45, 2.75) is 26.2 Å². The minimum absolute atomic E-state index is 0.0603. The highest BCUT2D eigenvalue weighted by Crippen LogP contribution is 2.36. The predicted molar refractivity (Wildman–Crippen MR) is 94.0 cm³/mol. The van der Waals surface area contributed by atoms with Crippen molar-refractivity contribution in [3.05, 3.63) is 26.7 Å². The van der Waals surface area contributed by atoms with E-state index in [1.807, 2.05) is 0 Å². The summed E-state index contributed by atoms with van der Waals surface area (Å²) >= 11 is 15.2. The van der Waals surface area contributed by atoms with Gasteiger partial charge >= 0.3 is 0 Å². The molecule has 0 heterocycles. The first-order chi connectivity index (χ1) is 9.87. The average Bonchev–Trinajstić information content (AvgIpc) is 2.43. The van der Waals surface area contributed by atoms with E-state index in [0.29, 0.717) is 21.6 Å². The number of benzene rings is 1. The molecule has 1 aromatic rings. The SMILES string of the molecule is CCCNCCCCS(=O)(=O)Nc1ccc(Br)c(Cl)c1Cl. The third-order valence-corrected chi connectivity index (χ3v) is 5.87. The maximum absolute atomic E-state index is 12.0. The largest absolute Gasteiger partial charge is 0.317 e. The Kier molecular flexibility index (Phi) is 8.34. The molecule has 0 radical (unpaired) electrons. The van der Waals surface area contributed by atoms with Crippen LogP contribution in [-0.4, -0.2) is 27.3 Å². The summed E-state index contributed by atoms with van der Waals surface area (Å²) in [4.78, 5) is 0. The van der Waals surface area contributed by atoms with Crippen LogP contribution in [0.5, 0.6) is 0 Å². The summed E-state index contributed by atoms with van der Waals surface area (Å²) in [6.07, 6.45) is 2.48. The second-order valence-corrected chi connectivity index (χ2v) is 8.05. The Morgan fingerprint density at radius 3 is 2.52 bits per heavy atom. The highest BCUT2D eigenvalue weighted by atomic mass is 79.9. The van der Waals surface area contributed by atoms with Crippen LogP contribution in [0.25, 0.3) is 0 Å². The molecule has 1 rings (SSSR count). The van der Waals surface area contributed by atoms with Crippen LogP contribution < -0.4 is 10.0 Å². The molecule has 0 aliphatic rings. The molecule has 0 atom stereocenters. The van der Waals surface area contributed by atoms with E-state index in [-0.39, 0.29) is 10.8 Å². The first-order valence-corrected chi connectivity index (χ1v) is 9.92. The fourth-order valence-corrected chi connectivity index (χ4v) is 3.74. The lowest BCUT2D eigenvalue weighted by molar-refractivity contribution is 0.590. The second kappa shape index (κ2) is 9.20. The van der Waals surface area contributed by atoms with Crippen LogP contribution in [-0.2, 0) is 10.0 Å². The van der Waals surface area contributed by atoms with Crippen LogP contribution in [0.15, 0.2) is 16.6 Å². The molecular weight excluding hydrogens is 399 g/mol. The minimum Gasteiger partial charge on any atom is -0.317 e. The summed E-state index contributed by atoms with van der Waals surface area (Å²) in [7, 11) is -3.42. The van der Waals surface area contributed by atoms with Crippen LogP contribution in [0, 0.1) is 0 Å². The first kappa shape index (κ1) is 19.0. The molecule has 0 fully saturated rings. The lowest BCUT2D eigenvalue weighted by Crippen LogP contribution is -2.20. The Bertz CT molecular complexity index is 568. The van der Waals surface area contributed by atoms with Crippen LogP contribution in [0.2, 0.25) is 10.0 Å². The molecule has 0 bridgehead atoms. The maximum atomic E-state index is 12.0. The van der Waals surface area contributed by atoms with Crippen molar-refractivity contribution >= 4 is 54.8 Å². The monoisotopic (exact) mass is 416 g/mol. The molecule has 0 aromatic heterocycles. The molecule has 8 heteroatoms. The standard InChI is InChI=1S/C13H19BrCl2N2O2S/c1-2-7-17-8-3-4-9-21(19,20)18-11-6-5-10(14)12(15)13(11)16/h5-6,17-18H,2-4,7-9H2,1H3. The maximum Gasteiger partial charge on any atom is 0.232 e. The van der Waals surface area contributed by atoms with Gasteiger partial charge in [-0.15, -0.1) is 0 Å². The Balaban J connectivity index is 2.51. The van der Waals surface area contributed by atoms with Crippen molar-refractivity contribution in [3.8, 4) is 0 Å². The number of sulfonamides is 1. The van der Waals surface area contributed by atoms with Gasteiger partial charge in [-0.05, 0) is 60.4 Å². The highest BCUT2D eigenvalue weighted by molar-refractivity contribution is 9.10. The van der Waals surface area contributed by atoms with E-state index in [4.69, 9.17) is 23.2 Å². The fraction of sp³-hybridized carbons (Fsp3) is 0.538. The molecule has 2 N–H and O–H groups in total. The van der Waals surface area contributed by atoms with Gasteiger partial charge in [0, 0.05) is 4.47 Å². The summed E-state index contributed by atoms with van der Waals surface area (Å²) in [5.41, 5.74) is 0.300. The smallest absolute Gasteiger partial charge is 0.232 e. The van der Waals surface area contributed by atoms with E-state index in [9.17, 15) is 8.42 Å². The predicted octanol–water partition coefficient (Wildman–Crippen LogP) is 4.28. The Labute approximate surface area is 144 Å². The zero-order valence-electron chi connectivity index (χ0n) is 11.8. The van der Waals surface area contributed by atoms with Gasteiger partial charge in [-0.2, -0.15) is 0 Å². The van der Waals surface area contributed by atoms with Gasteiger partial charge in [0.2, 0.25) is 10.0 Å². The van der Waals surface area contributed by atoms with Crippen LogP contribution >= 0.6 is 39.1 Å². The van der Waals surface area contributed by atoms with E-state index in [1.165, 1.54) is 0 Å². The van der Waals surface area contributed by atoms with Crippen molar-refractivity contribution in [2.75, 3.05) is 23.6 Å². The van der Waals surface area contributed by atoms with Crippen LogP contribution in [0.4, 0.5) is 5.69 Å². The molecule has 120 valence electrons. The van der Waals surface area contributed by atoms with Gasteiger partial charge in [0.1, 0.15) is 0 Å². The van der Waals surface area contributed by atoms with E-state index in [2.05, 4.69) is 32.9 Å². The van der Waals surface area contributed by atoms with Gasteiger partial charge in [-0.1, -0.05) is 30.1 Å².